The van der Waals surface area contributed by atoms with Gasteiger partial charge in [-0.1, -0.05) is 12.1 Å². The third-order valence-electron chi connectivity index (χ3n) is 7.18. The van der Waals surface area contributed by atoms with Gasteiger partial charge in [0.15, 0.2) is 5.75 Å². The Morgan fingerprint density at radius 3 is 2.63 bits per heavy atom. The Balaban J connectivity index is 1.52. The van der Waals surface area contributed by atoms with Gasteiger partial charge in [-0.05, 0) is 42.0 Å². The molecule has 0 fully saturated rings. The summed E-state index contributed by atoms with van der Waals surface area (Å²) in [6.07, 6.45) is 7.86. The molecule has 2 unspecified atom stereocenters. The fourth-order valence-electron chi connectivity index (χ4n) is 5.51. The SMILES string of the molecule is NC1=N[C@]2(c3cc(-c4cccnc4F)ccc3Oc3c2cc(-c2ccnc(F)c2)nc3F)C2C=NC=CC12. The summed E-state index contributed by atoms with van der Waals surface area (Å²) < 4.78 is 50.3. The van der Waals surface area contributed by atoms with Crippen LogP contribution in [0.1, 0.15) is 11.1 Å². The lowest BCUT2D eigenvalue weighted by atomic mass is 9.68. The van der Waals surface area contributed by atoms with Crippen molar-refractivity contribution in [3.8, 4) is 33.9 Å². The van der Waals surface area contributed by atoms with Gasteiger partial charge >= 0.3 is 0 Å². The van der Waals surface area contributed by atoms with E-state index in [2.05, 4.69) is 19.9 Å². The summed E-state index contributed by atoms with van der Waals surface area (Å²) in [5.41, 5.74) is 7.40. The van der Waals surface area contributed by atoms with Gasteiger partial charge in [0.05, 0.1) is 5.69 Å². The Labute approximate surface area is 214 Å². The first-order valence-electron chi connectivity index (χ1n) is 11.8. The zero-order chi connectivity index (χ0) is 26.0. The smallest absolute Gasteiger partial charge is 0.256 e. The van der Waals surface area contributed by atoms with Crippen LogP contribution in [0.15, 0.2) is 83.2 Å². The highest BCUT2D eigenvalue weighted by atomic mass is 19.1. The molecule has 4 aromatic rings. The second-order valence-electron chi connectivity index (χ2n) is 9.19. The van der Waals surface area contributed by atoms with E-state index in [1.807, 2.05) is 6.08 Å². The number of ether oxygens (including phenoxy) is 1. The third-order valence-corrected chi connectivity index (χ3v) is 7.18. The van der Waals surface area contributed by atoms with Gasteiger partial charge in [0.2, 0.25) is 11.9 Å². The minimum atomic E-state index is -1.27. The van der Waals surface area contributed by atoms with E-state index in [1.165, 1.54) is 24.5 Å². The average Bonchev–Trinajstić information content (AvgIpc) is 3.22. The van der Waals surface area contributed by atoms with Crippen molar-refractivity contribution < 1.29 is 17.9 Å². The molecule has 10 heteroatoms. The molecule has 0 saturated heterocycles. The third kappa shape index (κ3) is 3.13. The molecule has 2 N–H and O–H groups in total. The van der Waals surface area contributed by atoms with Crippen molar-refractivity contribution in [2.75, 3.05) is 0 Å². The molecule has 0 aliphatic carbocycles. The van der Waals surface area contributed by atoms with Crippen molar-refractivity contribution in [3.05, 3.63) is 102 Å². The van der Waals surface area contributed by atoms with Crippen molar-refractivity contribution >= 4 is 12.1 Å². The van der Waals surface area contributed by atoms with Gasteiger partial charge in [-0.15, -0.1) is 0 Å². The summed E-state index contributed by atoms with van der Waals surface area (Å²) in [5.74, 6) is -2.45. The lowest BCUT2D eigenvalue weighted by Gasteiger charge is -2.39. The standard InChI is InChI=1S/C28H17F3N6O/c29-23-11-15(5-9-34-23)21-12-19-24(26(31)36-21)38-22-4-3-14(16-2-1-7-35-25(16)30)10-18(22)28(19)20-13-33-8-6-17(20)27(32)37-28/h1-13,17,20H,(H2,32,37)/t17?,20?,28-/m0/s1. The fraction of sp³-hybridized carbons (Fsp3) is 0.107. The van der Waals surface area contributed by atoms with Gasteiger partial charge in [0.1, 0.15) is 17.1 Å². The molecule has 0 amide bonds. The molecule has 38 heavy (non-hydrogen) atoms. The molecule has 3 atom stereocenters. The van der Waals surface area contributed by atoms with Crippen molar-refractivity contribution in [3.63, 3.8) is 0 Å². The van der Waals surface area contributed by atoms with Crippen LogP contribution >= 0.6 is 0 Å². The predicted molar refractivity (Wildman–Crippen MR) is 134 cm³/mol. The summed E-state index contributed by atoms with van der Waals surface area (Å²) in [4.78, 5) is 20.7. The molecular weight excluding hydrogens is 493 g/mol. The van der Waals surface area contributed by atoms with Gasteiger partial charge < -0.3 is 10.5 Å². The highest BCUT2D eigenvalue weighted by Crippen LogP contribution is 2.58. The monoisotopic (exact) mass is 510 g/mol. The number of amidine groups is 1. The molecule has 0 radical (unpaired) electrons. The highest BCUT2D eigenvalue weighted by Gasteiger charge is 2.56. The van der Waals surface area contributed by atoms with E-state index in [9.17, 15) is 8.78 Å². The summed E-state index contributed by atoms with van der Waals surface area (Å²) in [7, 11) is 0. The number of pyridine rings is 3. The number of nitrogens with two attached hydrogens (primary N) is 1. The number of hydrogen-bond acceptors (Lipinski definition) is 7. The topological polar surface area (TPSA) is 98.6 Å². The first-order chi connectivity index (χ1) is 18.5. The summed E-state index contributed by atoms with van der Waals surface area (Å²) >= 11 is 0. The Morgan fingerprint density at radius 1 is 0.895 bits per heavy atom. The highest BCUT2D eigenvalue weighted by molar-refractivity contribution is 5.94. The predicted octanol–water partition coefficient (Wildman–Crippen LogP) is 5.17. The first-order valence-corrected chi connectivity index (χ1v) is 11.8. The van der Waals surface area contributed by atoms with E-state index in [1.54, 1.807) is 48.8 Å². The molecule has 186 valence electrons. The molecule has 0 saturated carbocycles. The second-order valence-corrected chi connectivity index (χ2v) is 9.19. The van der Waals surface area contributed by atoms with Gasteiger partial charge in [-0.3, -0.25) is 9.98 Å². The Morgan fingerprint density at radius 2 is 1.79 bits per heavy atom. The van der Waals surface area contributed by atoms with Gasteiger partial charge in [-0.25, -0.2) is 15.0 Å². The minimum Gasteiger partial charge on any atom is -0.452 e. The molecule has 7 nitrogen and oxygen atoms in total. The number of benzene rings is 1. The molecule has 6 heterocycles. The molecular formula is C28H17F3N6O. The molecule has 3 aromatic heterocycles. The minimum absolute atomic E-state index is 0.115. The number of nitrogens with zero attached hydrogens (tertiary/aromatic N) is 5. The summed E-state index contributed by atoms with van der Waals surface area (Å²) in [6, 6.07) is 12.7. The normalized spacial score (nSPS) is 22.4. The lowest BCUT2D eigenvalue weighted by molar-refractivity contribution is 0.336. The van der Waals surface area contributed by atoms with Crippen LogP contribution in [-0.2, 0) is 5.54 Å². The van der Waals surface area contributed by atoms with E-state index in [0.717, 1.165) is 0 Å². The fourth-order valence-corrected chi connectivity index (χ4v) is 5.51. The van der Waals surface area contributed by atoms with E-state index in [-0.39, 0.29) is 22.9 Å². The molecule has 1 spiro atoms. The Kier molecular flexibility index (Phi) is 4.75. The van der Waals surface area contributed by atoms with Crippen LogP contribution in [0, 0.1) is 29.7 Å². The average molecular weight is 510 g/mol. The molecule has 3 aliphatic heterocycles. The van der Waals surface area contributed by atoms with E-state index in [0.29, 0.717) is 33.8 Å². The largest absolute Gasteiger partial charge is 0.452 e. The van der Waals surface area contributed by atoms with Crippen LogP contribution in [0.4, 0.5) is 13.2 Å². The van der Waals surface area contributed by atoms with E-state index >= 15 is 4.39 Å². The van der Waals surface area contributed by atoms with Gasteiger partial charge in [-0.2, -0.15) is 13.2 Å². The van der Waals surface area contributed by atoms with Crippen molar-refractivity contribution in [1.29, 1.82) is 0 Å². The van der Waals surface area contributed by atoms with Crippen molar-refractivity contribution in [1.82, 2.24) is 15.0 Å². The second kappa shape index (κ2) is 8.07. The van der Waals surface area contributed by atoms with Gasteiger partial charge in [0.25, 0.3) is 5.95 Å². The van der Waals surface area contributed by atoms with Crippen LogP contribution in [0.2, 0.25) is 0 Å². The zero-order valence-electron chi connectivity index (χ0n) is 19.5. The van der Waals surface area contributed by atoms with Crippen LogP contribution in [0.25, 0.3) is 22.4 Å². The summed E-state index contributed by atoms with van der Waals surface area (Å²) in [6.45, 7) is 0. The summed E-state index contributed by atoms with van der Waals surface area (Å²) in [5, 5.41) is 0. The first kappa shape index (κ1) is 22.3. The zero-order valence-corrected chi connectivity index (χ0v) is 19.5. The number of halogens is 3. The Bertz CT molecular complexity index is 1740. The van der Waals surface area contributed by atoms with Crippen LogP contribution in [0.3, 0.4) is 0 Å². The maximum Gasteiger partial charge on any atom is 0.256 e. The van der Waals surface area contributed by atoms with Crippen molar-refractivity contribution in [2.24, 2.45) is 27.6 Å². The van der Waals surface area contributed by atoms with E-state index < -0.39 is 29.3 Å². The van der Waals surface area contributed by atoms with Crippen LogP contribution in [-0.4, -0.2) is 27.0 Å². The molecule has 1 aromatic carbocycles. The number of rotatable bonds is 2. The van der Waals surface area contributed by atoms with E-state index in [4.69, 9.17) is 15.5 Å². The lowest BCUT2D eigenvalue weighted by Crippen LogP contribution is -2.39. The maximum absolute atomic E-state index is 15.6. The number of fused-ring (bicyclic) bond motifs is 6. The Hall–Kier alpha value is -4.86. The van der Waals surface area contributed by atoms with Crippen molar-refractivity contribution in [2.45, 2.75) is 5.54 Å². The quantitative estimate of drug-likeness (QED) is 0.375. The molecule has 0 bridgehead atoms. The number of aromatic nitrogens is 3. The van der Waals surface area contributed by atoms with Crippen LogP contribution < -0.4 is 10.5 Å². The molecule has 7 rings (SSSR count). The number of hydrogen-bond donors (Lipinski definition) is 1. The van der Waals surface area contributed by atoms with Gasteiger partial charge in [0, 0.05) is 65.0 Å². The number of aliphatic imine (C=N–C) groups is 2. The maximum atomic E-state index is 15.6. The molecule has 3 aliphatic rings. The van der Waals surface area contributed by atoms with Crippen LogP contribution in [0.5, 0.6) is 11.5 Å².